The molecule has 6 amide bonds. The van der Waals surface area contributed by atoms with Crippen molar-refractivity contribution < 1.29 is 85.9 Å². The summed E-state index contributed by atoms with van der Waals surface area (Å²) in [5.74, 6) is -1.84. The van der Waals surface area contributed by atoms with Crippen molar-refractivity contribution in [3.63, 3.8) is 0 Å². The van der Waals surface area contributed by atoms with Gasteiger partial charge < -0.3 is 68.6 Å². The molecule has 0 saturated heterocycles. The maximum Gasteiger partial charge on any atom is 0.514 e. The number of benzene rings is 2. The fourth-order valence-corrected chi connectivity index (χ4v) is 5.16. The van der Waals surface area contributed by atoms with Crippen molar-refractivity contribution in [3.8, 4) is 5.75 Å². The van der Waals surface area contributed by atoms with E-state index in [0.29, 0.717) is 110 Å². The second-order valence-electron chi connectivity index (χ2n) is 14.5. The summed E-state index contributed by atoms with van der Waals surface area (Å²) in [5.41, 5.74) is 1.05. The Bertz CT molecular complexity index is 1850. The number of nitrogens with one attached hydrogen (secondary N) is 4. The largest absolute Gasteiger partial charge is 0.514 e. The first-order valence-electron chi connectivity index (χ1n) is 22.5. The van der Waals surface area contributed by atoms with Gasteiger partial charge in [0.15, 0.2) is 0 Å². The second-order valence-corrected chi connectivity index (χ2v) is 14.5. The molecule has 2 rings (SSSR count). The molecule has 0 aliphatic carbocycles. The van der Waals surface area contributed by atoms with E-state index in [-0.39, 0.29) is 68.4 Å². The number of hydrogen-bond acceptors (Lipinski definition) is 19. The summed E-state index contributed by atoms with van der Waals surface area (Å²) >= 11 is 0. The molecule has 0 aromatic heterocycles. The molecule has 1 atom stereocenters. The van der Waals surface area contributed by atoms with Crippen LogP contribution in [0.3, 0.4) is 0 Å². The first-order valence-corrected chi connectivity index (χ1v) is 22.5. The molecule has 0 saturated carbocycles. The Labute approximate surface area is 412 Å². The number of methoxy groups -OCH3 is 1. The van der Waals surface area contributed by atoms with E-state index in [0.717, 1.165) is 4.90 Å². The van der Waals surface area contributed by atoms with Crippen LogP contribution in [0.1, 0.15) is 32.8 Å². The number of imide groups is 1. The number of non-ortho nitro benzene ring substituents is 1. The van der Waals surface area contributed by atoms with E-state index in [1.807, 2.05) is 0 Å². The molecule has 4 N–H and O–H groups in total. The highest BCUT2D eigenvalue weighted by atomic mass is 16.7. The van der Waals surface area contributed by atoms with Gasteiger partial charge in [-0.2, -0.15) is 0 Å². The van der Waals surface area contributed by atoms with Crippen molar-refractivity contribution in [1.29, 1.82) is 0 Å². The number of nitrogens with zero attached hydrogens (tertiary/aromatic N) is 2. The maximum absolute atomic E-state index is 12.5. The van der Waals surface area contributed by atoms with Crippen molar-refractivity contribution in [2.45, 2.75) is 45.9 Å². The molecule has 396 valence electrons. The average molecular weight is 1010 g/mol. The van der Waals surface area contributed by atoms with Crippen molar-refractivity contribution in [2.24, 2.45) is 0 Å². The van der Waals surface area contributed by atoms with Gasteiger partial charge in [-0.3, -0.25) is 43.8 Å². The number of ether oxygens (including phenoxy) is 10. The Kier molecular flexibility index (Phi) is 36.4. The summed E-state index contributed by atoms with van der Waals surface area (Å²) in [6.45, 7) is 11.3. The minimum Gasteiger partial charge on any atom is -0.429 e. The van der Waals surface area contributed by atoms with Crippen molar-refractivity contribution >= 4 is 54.0 Å². The zero-order valence-electron chi connectivity index (χ0n) is 40.7. The first-order chi connectivity index (χ1) is 34.3. The summed E-state index contributed by atoms with van der Waals surface area (Å²) in [6, 6.07) is 10.1. The Balaban J connectivity index is 0.000000791. The molecule has 2 aromatic carbocycles. The summed E-state index contributed by atoms with van der Waals surface area (Å²) < 4.78 is 52.5. The van der Waals surface area contributed by atoms with Crippen LogP contribution < -0.4 is 26.0 Å². The van der Waals surface area contributed by atoms with Crippen LogP contribution in [0.15, 0.2) is 60.7 Å². The van der Waals surface area contributed by atoms with Crippen LogP contribution in [0, 0.1) is 10.1 Å². The highest BCUT2D eigenvalue weighted by Gasteiger charge is 2.29. The first kappa shape index (κ1) is 62.6. The molecule has 0 bridgehead atoms. The molecule has 0 radical (unpaired) electrons. The van der Waals surface area contributed by atoms with Gasteiger partial charge in [-0.25, -0.2) is 4.79 Å². The number of rotatable bonds is 39. The van der Waals surface area contributed by atoms with Crippen molar-refractivity contribution in [2.75, 3.05) is 125 Å². The highest BCUT2D eigenvalue weighted by Crippen LogP contribution is 2.18. The topological polar surface area (TPSA) is 306 Å². The van der Waals surface area contributed by atoms with E-state index in [4.69, 9.17) is 47.4 Å². The van der Waals surface area contributed by atoms with Crippen LogP contribution in [0.4, 0.5) is 16.2 Å². The lowest BCUT2D eigenvalue weighted by molar-refractivity contribution is -0.384. The van der Waals surface area contributed by atoms with E-state index in [9.17, 15) is 43.7 Å². The summed E-state index contributed by atoms with van der Waals surface area (Å²) in [5, 5.41) is 20.6. The fourth-order valence-electron chi connectivity index (χ4n) is 5.16. The van der Waals surface area contributed by atoms with Crippen molar-refractivity contribution in [1.82, 2.24) is 20.9 Å². The predicted octanol–water partition coefficient (Wildman–Crippen LogP) is 1.70. The van der Waals surface area contributed by atoms with Gasteiger partial charge in [0.05, 0.1) is 111 Å². The van der Waals surface area contributed by atoms with Gasteiger partial charge in [-0.1, -0.05) is 18.2 Å². The highest BCUT2D eigenvalue weighted by molar-refractivity contribution is 5.99. The Morgan fingerprint density at radius 3 is 1.66 bits per heavy atom. The maximum atomic E-state index is 12.5. The molecular weight excluding hydrogens is 941 g/mol. The second kappa shape index (κ2) is 41.3. The van der Waals surface area contributed by atoms with Gasteiger partial charge in [0.1, 0.15) is 18.4 Å². The molecular formula is C46H68N6O19. The monoisotopic (exact) mass is 1010 g/mol. The average Bonchev–Trinajstić information content (AvgIpc) is 3.34. The molecule has 25 nitrogen and oxygen atoms in total. The molecule has 0 aliphatic heterocycles. The lowest BCUT2D eigenvalue weighted by Gasteiger charge is -2.26. The minimum absolute atomic E-state index is 0.0372. The number of anilines is 1. The number of hydrogen-bond donors (Lipinski definition) is 4. The lowest BCUT2D eigenvalue weighted by Crippen LogP contribution is -2.55. The molecule has 0 spiro atoms. The number of allylic oxidation sites excluding steroid dienone is 1. The fraction of sp³-hybridized carbons (Fsp3) is 0.543. The quantitative estimate of drug-likeness (QED) is 0.0141. The van der Waals surface area contributed by atoms with Gasteiger partial charge >= 0.3 is 6.16 Å². The number of carbonyl (C=O) groups excluding carboxylic acids is 7. The molecule has 25 heteroatoms. The van der Waals surface area contributed by atoms with Crippen LogP contribution in [0.2, 0.25) is 0 Å². The Morgan fingerprint density at radius 1 is 0.704 bits per heavy atom. The molecule has 0 heterocycles. The summed E-state index contributed by atoms with van der Waals surface area (Å²) in [4.78, 5) is 92.4. The summed E-state index contributed by atoms with van der Waals surface area (Å²) in [7, 11) is 1.63. The smallest absolute Gasteiger partial charge is 0.429 e. The van der Waals surface area contributed by atoms with Crippen LogP contribution in [0.5, 0.6) is 5.75 Å². The number of nitro benzene ring substituents is 1. The molecule has 71 heavy (non-hydrogen) atoms. The van der Waals surface area contributed by atoms with Crippen LogP contribution >= 0.6 is 0 Å². The summed E-state index contributed by atoms with van der Waals surface area (Å²) in [6.07, 6.45) is 2.42. The third-order valence-electron chi connectivity index (χ3n) is 8.57. The van der Waals surface area contributed by atoms with Gasteiger partial charge in [-0.05, 0) is 56.7 Å². The van der Waals surface area contributed by atoms with E-state index in [1.54, 1.807) is 52.1 Å². The van der Waals surface area contributed by atoms with Gasteiger partial charge in [-0.15, -0.1) is 0 Å². The van der Waals surface area contributed by atoms with E-state index >= 15 is 0 Å². The van der Waals surface area contributed by atoms with Crippen LogP contribution in [-0.4, -0.2) is 184 Å². The molecule has 0 aliphatic rings. The third kappa shape index (κ3) is 32.9. The number of carbonyl (C=O) groups is 7. The van der Waals surface area contributed by atoms with Crippen LogP contribution in [0.25, 0.3) is 0 Å². The van der Waals surface area contributed by atoms with Gasteiger partial charge in [0, 0.05) is 43.9 Å². The Morgan fingerprint density at radius 2 is 1.21 bits per heavy atom. The van der Waals surface area contributed by atoms with Gasteiger partial charge in [0.25, 0.3) is 11.6 Å². The standard InChI is InChI=1S/C29H53N3O12.C17H15N3O7/c1-5-6-28(35)32(24-33)26(29(36)31-25(2)3)23-30-27(34)7-8-38-11-12-40-15-16-42-19-20-44-22-21-43-18-17-41-14-13-39-10-9-37-4;21-11-18-9-16(22)19-13-3-1-12(2-4-13)10-26-17(23)27-15-7-5-14(6-8-15)20(24)25/h5-6,24-26H,7-23H2,1-4H3,(H,30,34)(H,31,36);1-8,11H,9-10H2,(H,18,21)(H,19,22)/b6-5-;. The zero-order valence-corrected chi connectivity index (χ0v) is 40.7. The van der Waals surface area contributed by atoms with Crippen LogP contribution in [-0.2, 0) is 78.0 Å². The predicted molar refractivity (Wildman–Crippen MR) is 253 cm³/mol. The van der Waals surface area contributed by atoms with E-state index in [2.05, 4.69) is 21.3 Å². The van der Waals surface area contributed by atoms with E-state index < -0.39 is 28.9 Å². The molecule has 2 aromatic rings. The number of amides is 6. The normalized spacial score (nSPS) is 11.2. The van der Waals surface area contributed by atoms with E-state index in [1.165, 1.54) is 36.4 Å². The Hall–Kier alpha value is -6.45. The molecule has 1 unspecified atom stereocenters. The number of nitro groups is 1. The SMILES string of the molecule is C/C=C\C(=O)N(C=O)C(CNC(=O)CCOCCOCCOCCOCCOCCOCCOCCOC)C(=O)NC(C)C.O=CNCC(=O)Nc1ccc(COC(=O)Oc2ccc([N+](=O)[O-])cc2)cc1. The zero-order chi connectivity index (χ0) is 52.3. The minimum atomic E-state index is -1.18. The van der Waals surface area contributed by atoms with Gasteiger partial charge in [0.2, 0.25) is 30.5 Å². The van der Waals surface area contributed by atoms with Crippen molar-refractivity contribution in [3.05, 3.63) is 76.4 Å². The molecule has 0 fully saturated rings. The third-order valence-corrected chi connectivity index (χ3v) is 8.57. The lowest BCUT2D eigenvalue weighted by atomic mass is 10.2.